The lowest BCUT2D eigenvalue weighted by Crippen LogP contribution is -2.23. The van der Waals surface area contributed by atoms with E-state index in [0.29, 0.717) is 0 Å². The zero-order valence-corrected chi connectivity index (χ0v) is 24.3. The van der Waals surface area contributed by atoms with Crippen LogP contribution in [0.25, 0.3) is 55.4 Å². The van der Waals surface area contributed by atoms with Gasteiger partial charge in [0, 0.05) is 31.7 Å². The van der Waals surface area contributed by atoms with Crippen molar-refractivity contribution in [3.63, 3.8) is 0 Å². The maximum absolute atomic E-state index is 5.17. The fourth-order valence-electron chi connectivity index (χ4n) is 6.29. The second-order valence-electron chi connectivity index (χ2n) is 11.5. The van der Waals surface area contributed by atoms with Gasteiger partial charge in [0.15, 0.2) is 5.82 Å². The van der Waals surface area contributed by atoms with Gasteiger partial charge in [-0.05, 0) is 51.2 Å². The fraction of sp³-hybridized carbons (Fsp3) is 0.0769. The monoisotopic (exact) mass is 556 g/mol. The number of benzene rings is 6. The van der Waals surface area contributed by atoms with Crippen molar-refractivity contribution in [2.45, 2.75) is 29.1 Å². The molecule has 0 fully saturated rings. The SMILES string of the molecule is CC1(C)c2ccccc2Sc2cc(-c3ccc(-c4nc(-c5cccc6ccccc56)c5ccccc5n4)cc3)ccc21. The van der Waals surface area contributed by atoms with Crippen molar-refractivity contribution in [3.05, 3.63) is 145 Å². The van der Waals surface area contributed by atoms with Crippen molar-refractivity contribution in [1.82, 2.24) is 9.97 Å². The Labute approximate surface area is 250 Å². The highest BCUT2D eigenvalue weighted by Crippen LogP contribution is 2.49. The second kappa shape index (κ2) is 9.68. The third kappa shape index (κ3) is 4.04. The van der Waals surface area contributed by atoms with Crippen LogP contribution < -0.4 is 0 Å². The zero-order chi connectivity index (χ0) is 28.3. The Morgan fingerprint density at radius 2 is 1.19 bits per heavy atom. The first-order valence-electron chi connectivity index (χ1n) is 14.3. The van der Waals surface area contributed by atoms with E-state index in [9.17, 15) is 0 Å². The summed E-state index contributed by atoms with van der Waals surface area (Å²) in [4.78, 5) is 12.8. The van der Waals surface area contributed by atoms with E-state index in [1.807, 2.05) is 17.8 Å². The van der Waals surface area contributed by atoms with Gasteiger partial charge in [-0.1, -0.05) is 141 Å². The molecular weight excluding hydrogens is 529 g/mol. The highest BCUT2D eigenvalue weighted by Gasteiger charge is 2.32. The maximum Gasteiger partial charge on any atom is 0.160 e. The Bertz CT molecular complexity index is 2140. The van der Waals surface area contributed by atoms with Gasteiger partial charge in [0.25, 0.3) is 0 Å². The van der Waals surface area contributed by atoms with Crippen molar-refractivity contribution < 1.29 is 0 Å². The topological polar surface area (TPSA) is 25.8 Å². The lowest BCUT2D eigenvalue weighted by molar-refractivity contribution is 0.607. The van der Waals surface area contributed by atoms with Crippen LogP contribution in [0.2, 0.25) is 0 Å². The average molecular weight is 557 g/mol. The smallest absolute Gasteiger partial charge is 0.160 e. The molecule has 1 aliphatic rings. The number of hydrogen-bond acceptors (Lipinski definition) is 3. The summed E-state index contributed by atoms with van der Waals surface area (Å²) in [6.07, 6.45) is 0. The molecule has 200 valence electrons. The van der Waals surface area contributed by atoms with E-state index >= 15 is 0 Å². The van der Waals surface area contributed by atoms with E-state index < -0.39 is 0 Å². The third-order valence-electron chi connectivity index (χ3n) is 8.56. The van der Waals surface area contributed by atoms with Gasteiger partial charge in [-0.2, -0.15) is 0 Å². The van der Waals surface area contributed by atoms with Crippen LogP contribution in [0.4, 0.5) is 0 Å². The van der Waals surface area contributed by atoms with Crippen LogP contribution in [-0.4, -0.2) is 9.97 Å². The summed E-state index contributed by atoms with van der Waals surface area (Å²) in [6.45, 7) is 4.66. The van der Waals surface area contributed by atoms with Crippen LogP contribution in [0, 0.1) is 0 Å². The molecule has 0 saturated heterocycles. The number of para-hydroxylation sites is 1. The summed E-state index contributed by atoms with van der Waals surface area (Å²) in [5, 5.41) is 3.46. The van der Waals surface area contributed by atoms with Crippen molar-refractivity contribution in [2.75, 3.05) is 0 Å². The van der Waals surface area contributed by atoms with E-state index in [4.69, 9.17) is 9.97 Å². The number of rotatable bonds is 3. The molecule has 0 bridgehead atoms. The molecule has 0 radical (unpaired) electrons. The molecule has 42 heavy (non-hydrogen) atoms. The molecule has 0 N–H and O–H groups in total. The van der Waals surface area contributed by atoms with Crippen molar-refractivity contribution in [3.8, 4) is 33.8 Å². The minimum atomic E-state index is -0.0191. The van der Waals surface area contributed by atoms with E-state index in [2.05, 4.69) is 141 Å². The largest absolute Gasteiger partial charge is 0.228 e. The van der Waals surface area contributed by atoms with Crippen LogP contribution in [0.15, 0.2) is 143 Å². The minimum Gasteiger partial charge on any atom is -0.228 e. The molecule has 1 aliphatic heterocycles. The van der Waals surface area contributed by atoms with E-state index in [1.165, 1.54) is 42.8 Å². The Kier molecular flexibility index (Phi) is 5.77. The normalized spacial score (nSPS) is 13.6. The fourth-order valence-corrected chi connectivity index (χ4v) is 7.73. The van der Waals surface area contributed by atoms with Crippen LogP contribution in [0.1, 0.15) is 25.0 Å². The van der Waals surface area contributed by atoms with Gasteiger partial charge in [0.05, 0.1) is 11.2 Å². The highest BCUT2D eigenvalue weighted by atomic mass is 32.2. The molecule has 2 heterocycles. The second-order valence-corrected chi connectivity index (χ2v) is 12.5. The van der Waals surface area contributed by atoms with E-state index in [1.54, 1.807) is 0 Å². The molecule has 1 aromatic heterocycles. The summed E-state index contributed by atoms with van der Waals surface area (Å²) in [7, 11) is 0. The maximum atomic E-state index is 5.17. The van der Waals surface area contributed by atoms with E-state index in [0.717, 1.165) is 33.5 Å². The molecule has 0 unspecified atom stereocenters. The Hall–Kier alpha value is -4.73. The van der Waals surface area contributed by atoms with Gasteiger partial charge in [0.2, 0.25) is 0 Å². The first-order valence-corrected chi connectivity index (χ1v) is 15.2. The van der Waals surface area contributed by atoms with Crippen LogP contribution in [-0.2, 0) is 5.41 Å². The summed E-state index contributed by atoms with van der Waals surface area (Å²) < 4.78 is 0. The standard InChI is InChI=1S/C39H28N2S/c1-39(2)32-15-6-8-17-35(32)42-36-24-28(22-23-33(36)39)25-18-20-27(21-19-25)38-40-34-16-7-5-13-31(34)37(41-38)30-14-9-11-26-10-3-4-12-29(26)30/h3-24H,1-2H3. The quantitative estimate of drug-likeness (QED) is 0.216. The Morgan fingerprint density at radius 3 is 2.07 bits per heavy atom. The van der Waals surface area contributed by atoms with Gasteiger partial charge in [-0.3, -0.25) is 0 Å². The predicted molar refractivity (Wildman–Crippen MR) is 176 cm³/mol. The van der Waals surface area contributed by atoms with Crippen LogP contribution in [0.3, 0.4) is 0 Å². The number of hydrogen-bond donors (Lipinski definition) is 0. The molecule has 8 rings (SSSR count). The number of fused-ring (bicyclic) bond motifs is 4. The van der Waals surface area contributed by atoms with Crippen molar-refractivity contribution in [1.29, 1.82) is 0 Å². The Morgan fingerprint density at radius 1 is 0.524 bits per heavy atom. The van der Waals surface area contributed by atoms with Crippen LogP contribution in [0.5, 0.6) is 0 Å². The molecule has 7 aromatic rings. The van der Waals surface area contributed by atoms with Crippen molar-refractivity contribution >= 4 is 33.4 Å². The first-order chi connectivity index (χ1) is 20.6. The third-order valence-corrected chi connectivity index (χ3v) is 9.69. The molecule has 0 saturated carbocycles. The molecule has 3 heteroatoms. The summed E-state index contributed by atoms with van der Waals surface area (Å²) >= 11 is 1.87. The molecule has 2 nitrogen and oxygen atoms in total. The van der Waals surface area contributed by atoms with E-state index in [-0.39, 0.29) is 5.41 Å². The summed E-state index contributed by atoms with van der Waals surface area (Å²) in [5.74, 6) is 0.738. The van der Waals surface area contributed by atoms with Gasteiger partial charge in [-0.25, -0.2) is 9.97 Å². The number of aromatic nitrogens is 2. The molecule has 0 spiro atoms. The molecule has 0 aliphatic carbocycles. The van der Waals surface area contributed by atoms with Gasteiger partial charge < -0.3 is 0 Å². The van der Waals surface area contributed by atoms with Gasteiger partial charge in [0.1, 0.15) is 0 Å². The predicted octanol–water partition coefficient (Wildman–Crippen LogP) is 10.6. The zero-order valence-electron chi connectivity index (χ0n) is 23.5. The molecule has 0 amide bonds. The molecule has 0 atom stereocenters. The number of nitrogens with zero attached hydrogens (tertiary/aromatic N) is 2. The summed E-state index contributed by atoms with van der Waals surface area (Å²) in [6, 6.07) is 47.6. The van der Waals surface area contributed by atoms with Crippen molar-refractivity contribution in [2.24, 2.45) is 0 Å². The summed E-state index contributed by atoms with van der Waals surface area (Å²) in [5.41, 5.74) is 9.22. The van der Waals surface area contributed by atoms with Gasteiger partial charge >= 0.3 is 0 Å². The minimum absolute atomic E-state index is 0.0191. The van der Waals surface area contributed by atoms with Gasteiger partial charge in [-0.15, -0.1) is 0 Å². The average Bonchev–Trinajstić information content (AvgIpc) is 3.04. The lowest BCUT2D eigenvalue weighted by atomic mass is 9.77. The molecule has 6 aromatic carbocycles. The first kappa shape index (κ1) is 25.0. The lowest BCUT2D eigenvalue weighted by Gasteiger charge is -2.34. The molecular formula is C39H28N2S. The Balaban J connectivity index is 1.19. The van der Waals surface area contributed by atoms with Crippen LogP contribution >= 0.6 is 11.8 Å². The highest BCUT2D eigenvalue weighted by molar-refractivity contribution is 7.99.